The van der Waals surface area contributed by atoms with Crippen molar-refractivity contribution in [3.8, 4) is 17.1 Å². The topological polar surface area (TPSA) is 228 Å². The highest BCUT2D eigenvalue weighted by Crippen LogP contribution is 2.29. The van der Waals surface area contributed by atoms with Crippen LogP contribution in [0.4, 0.5) is 18.9 Å². The van der Waals surface area contributed by atoms with Crippen molar-refractivity contribution in [2.24, 2.45) is 5.73 Å². The molecule has 4 aromatic heterocycles. The van der Waals surface area contributed by atoms with Crippen molar-refractivity contribution >= 4 is 46.1 Å². The van der Waals surface area contributed by atoms with Crippen molar-refractivity contribution in [2.75, 3.05) is 32.1 Å². The molecule has 0 bridgehead atoms. The fourth-order valence-corrected chi connectivity index (χ4v) is 7.18. The van der Waals surface area contributed by atoms with Crippen molar-refractivity contribution in [2.45, 2.75) is 63.6 Å². The molecule has 17 nitrogen and oxygen atoms in total. The Hall–Kier alpha value is -7.22. The lowest BCUT2D eigenvalue weighted by atomic mass is 9.92. The standard InChI is InChI=1S/C43H41F3N8O9/c1-52(18-4-20-61-19-3-6-25-5-2-7-34-37(25)63-42(60)54(34)33-13-12-30(55)22-35(33)56)41(59)26-8-10-29(11-9-26)53-23-31(36(51-53)38(47)57)49-39(58)32-24-62-40(50-32)27-15-17-48-28(21-27)14-16-43(44,45)46/h2,5,7-11,15,17,21,23-24,33H,3-4,6,12-14,16,18-20,22H2,1H3,(H2,47,57)(H,49,58). The Morgan fingerprint density at radius 3 is 2.56 bits per heavy atom. The maximum absolute atomic E-state index is 13.2. The molecule has 328 valence electrons. The number of hydrogen-bond donors (Lipinski definition) is 2. The number of ether oxygens (including phenoxy) is 1. The number of primary amides is 1. The van der Waals surface area contributed by atoms with Crippen molar-refractivity contribution < 1.29 is 50.7 Å². The zero-order valence-electron chi connectivity index (χ0n) is 33.9. The summed E-state index contributed by atoms with van der Waals surface area (Å²) in [6.07, 6.45) is 0.0706. The minimum absolute atomic E-state index is 0.0314. The van der Waals surface area contributed by atoms with E-state index in [2.05, 4.69) is 20.4 Å². The number of rotatable bonds is 17. The molecule has 63 heavy (non-hydrogen) atoms. The number of oxazole rings is 2. The SMILES string of the molecule is CN(CCCOCCCc1cccc2c1oc(=O)n2C1CCC(=O)CC1=O)C(=O)c1ccc(-n2cc(NC(=O)c3coc(-c4ccnc(CCC(F)(F)F)c4)n3)c(C(N)=O)n2)cc1. The van der Waals surface area contributed by atoms with Gasteiger partial charge in [0, 0.05) is 62.7 Å². The number of hydrogen-bond acceptors (Lipinski definition) is 12. The minimum Gasteiger partial charge on any atom is -0.444 e. The van der Waals surface area contributed by atoms with Crippen LogP contribution >= 0.6 is 0 Å². The minimum atomic E-state index is -4.35. The number of aryl methyl sites for hydroxylation is 2. The van der Waals surface area contributed by atoms with Gasteiger partial charge in [-0.25, -0.2) is 14.5 Å². The summed E-state index contributed by atoms with van der Waals surface area (Å²) in [5.74, 6) is -3.02. The van der Waals surface area contributed by atoms with Crippen molar-refractivity contribution in [3.05, 3.63) is 112 Å². The van der Waals surface area contributed by atoms with E-state index >= 15 is 0 Å². The molecular formula is C43H41F3N8O9. The van der Waals surface area contributed by atoms with E-state index < -0.39 is 36.2 Å². The zero-order valence-corrected chi connectivity index (χ0v) is 33.9. The number of anilines is 1. The first-order chi connectivity index (χ1) is 30.1. The molecule has 0 aliphatic heterocycles. The van der Waals surface area contributed by atoms with E-state index in [1.165, 1.54) is 33.8 Å². The third kappa shape index (κ3) is 10.5. The Morgan fingerprint density at radius 2 is 1.81 bits per heavy atom. The first-order valence-corrected chi connectivity index (χ1v) is 19.9. The second kappa shape index (κ2) is 18.8. The molecule has 1 atom stereocenters. The molecule has 20 heteroatoms. The summed E-state index contributed by atoms with van der Waals surface area (Å²) in [6, 6.07) is 13.9. The van der Waals surface area contributed by atoms with Gasteiger partial charge in [0.1, 0.15) is 12.0 Å². The summed E-state index contributed by atoms with van der Waals surface area (Å²) in [5, 5.41) is 6.74. The summed E-state index contributed by atoms with van der Waals surface area (Å²) in [7, 11) is 1.67. The number of carbonyl (C=O) groups is 5. The fraction of sp³-hybridized carbons (Fsp3) is 0.326. The van der Waals surface area contributed by atoms with Crippen LogP contribution in [0.5, 0.6) is 0 Å². The Balaban J connectivity index is 0.878. The summed E-state index contributed by atoms with van der Waals surface area (Å²) in [4.78, 5) is 85.2. The van der Waals surface area contributed by atoms with Gasteiger partial charge < -0.3 is 29.5 Å². The molecule has 0 radical (unpaired) electrons. The molecule has 6 aromatic rings. The van der Waals surface area contributed by atoms with Gasteiger partial charge in [-0.05, 0) is 80.1 Å². The van der Waals surface area contributed by atoms with E-state index in [-0.39, 0.29) is 71.8 Å². The number of para-hydroxylation sites is 1. The first-order valence-electron chi connectivity index (χ1n) is 19.9. The maximum Gasteiger partial charge on any atom is 0.420 e. The Morgan fingerprint density at radius 1 is 1.03 bits per heavy atom. The van der Waals surface area contributed by atoms with Crippen LogP contribution in [0.2, 0.25) is 0 Å². The molecule has 7 rings (SSSR count). The van der Waals surface area contributed by atoms with Gasteiger partial charge in [0.05, 0.1) is 35.6 Å². The lowest BCUT2D eigenvalue weighted by Gasteiger charge is -2.20. The molecule has 3 amide bonds. The number of fused-ring (bicyclic) bond motifs is 1. The van der Waals surface area contributed by atoms with Crippen LogP contribution in [-0.2, 0) is 27.2 Å². The molecular weight excluding hydrogens is 830 g/mol. The van der Waals surface area contributed by atoms with E-state index in [0.717, 1.165) is 11.8 Å². The van der Waals surface area contributed by atoms with Gasteiger partial charge >= 0.3 is 11.9 Å². The number of carbonyl (C=O) groups excluding carboxylic acids is 5. The molecule has 1 saturated carbocycles. The van der Waals surface area contributed by atoms with Crippen molar-refractivity contribution in [3.63, 3.8) is 0 Å². The van der Waals surface area contributed by atoms with Gasteiger partial charge in [-0.2, -0.15) is 18.3 Å². The predicted octanol–water partition coefficient (Wildman–Crippen LogP) is 5.65. The predicted molar refractivity (Wildman–Crippen MR) is 218 cm³/mol. The molecule has 0 saturated heterocycles. The third-order valence-corrected chi connectivity index (χ3v) is 10.4. The molecule has 1 aliphatic rings. The number of nitrogens with one attached hydrogen (secondary N) is 1. The van der Waals surface area contributed by atoms with Crippen molar-refractivity contribution in [1.29, 1.82) is 0 Å². The smallest absolute Gasteiger partial charge is 0.420 e. The lowest BCUT2D eigenvalue weighted by Crippen LogP contribution is -2.32. The fourth-order valence-electron chi connectivity index (χ4n) is 7.18. The van der Waals surface area contributed by atoms with Gasteiger partial charge in [-0.15, -0.1) is 0 Å². The second-order valence-electron chi connectivity index (χ2n) is 14.9. The van der Waals surface area contributed by atoms with E-state index in [1.54, 1.807) is 48.3 Å². The van der Waals surface area contributed by atoms with Crippen LogP contribution in [0.1, 0.15) is 87.2 Å². The average Bonchev–Trinajstić information content (AvgIpc) is 4.00. The van der Waals surface area contributed by atoms with Crippen LogP contribution < -0.4 is 16.8 Å². The van der Waals surface area contributed by atoms with Crippen LogP contribution in [0.15, 0.2) is 86.9 Å². The number of benzene rings is 2. The number of halogens is 3. The number of Topliss-reactive ketones (excluding diaryl/α,β-unsaturated/α-hetero) is 2. The lowest BCUT2D eigenvalue weighted by molar-refractivity contribution is -0.134. The summed E-state index contributed by atoms with van der Waals surface area (Å²) >= 11 is 0. The van der Waals surface area contributed by atoms with Crippen LogP contribution in [0, 0.1) is 0 Å². The van der Waals surface area contributed by atoms with Crippen LogP contribution in [-0.4, -0.2) is 91.5 Å². The molecule has 0 spiro atoms. The number of ketones is 2. The number of nitrogens with two attached hydrogens (primary N) is 1. The number of nitrogens with zero attached hydrogens (tertiary/aromatic N) is 6. The molecule has 1 unspecified atom stereocenters. The summed E-state index contributed by atoms with van der Waals surface area (Å²) in [5.41, 5.74) is 8.13. The van der Waals surface area contributed by atoms with Crippen LogP contribution in [0.3, 0.4) is 0 Å². The van der Waals surface area contributed by atoms with Gasteiger partial charge in [-0.1, -0.05) is 12.1 Å². The van der Waals surface area contributed by atoms with Gasteiger partial charge in [0.15, 0.2) is 22.8 Å². The van der Waals surface area contributed by atoms with E-state index in [9.17, 15) is 41.9 Å². The quantitative estimate of drug-likeness (QED) is 0.0837. The first kappa shape index (κ1) is 43.9. The zero-order chi connectivity index (χ0) is 44.8. The Kier molecular flexibility index (Phi) is 13.1. The molecule has 4 heterocycles. The molecule has 3 N–H and O–H groups in total. The van der Waals surface area contributed by atoms with Gasteiger partial charge in [0.25, 0.3) is 17.7 Å². The van der Waals surface area contributed by atoms with E-state index in [4.69, 9.17) is 19.3 Å². The number of amides is 3. The van der Waals surface area contributed by atoms with E-state index in [0.29, 0.717) is 66.9 Å². The maximum atomic E-state index is 13.2. The van der Waals surface area contributed by atoms with Crippen LogP contribution in [0.25, 0.3) is 28.2 Å². The number of pyridine rings is 1. The van der Waals surface area contributed by atoms with E-state index in [1.807, 2.05) is 6.07 Å². The molecule has 1 fully saturated rings. The summed E-state index contributed by atoms with van der Waals surface area (Å²) < 4.78 is 57.5. The highest BCUT2D eigenvalue weighted by Gasteiger charge is 2.32. The number of alkyl halides is 3. The highest BCUT2D eigenvalue weighted by atomic mass is 19.4. The second-order valence-corrected chi connectivity index (χ2v) is 14.9. The largest absolute Gasteiger partial charge is 0.444 e. The third-order valence-electron chi connectivity index (χ3n) is 10.4. The normalized spacial score (nSPS) is 14.3. The Bertz CT molecular complexity index is 2740. The monoisotopic (exact) mass is 870 g/mol. The average molecular weight is 871 g/mol. The molecule has 1 aliphatic carbocycles. The van der Waals surface area contributed by atoms with Gasteiger partial charge in [-0.3, -0.25) is 33.5 Å². The van der Waals surface area contributed by atoms with Crippen molar-refractivity contribution in [1.82, 2.24) is 29.2 Å². The highest BCUT2D eigenvalue weighted by molar-refractivity contribution is 6.07. The van der Waals surface area contributed by atoms with Gasteiger partial charge in [0.2, 0.25) is 5.89 Å². The number of aromatic nitrogens is 5. The Labute approximate surface area is 356 Å². The molecule has 2 aromatic carbocycles. The summed E-state index contributed by atoms with van der Waals surface area (Å²) in [6.45, 7) is 1.23.